The summed E-state index contributed by atoms with van der Waals surface area (Å²) >= 11 is 0. The van der Waals surface area contributed by atoms with Crippen molar-refractivity contribution in [2.45, 2.75) is 53.1 Å². The third-order valence-corrected chi connectivity index (χ3v) is 4.43. The lowest BCUT2D eigenvalue weighted by Crippen LogP contribution is -2.51. The van der Waals surface area contributed by atoms with Gasteiger partial charge in [0.2, 0.25) is 0 Å². The minimum absolute atomic E-state index is 0.130. The van der Waals surface area contributed by atoms with Crippen LogP contribution in [0.4, 0.5) is 0 Å². The van der Waals surface area contributed by atoms with E-state index in [4.69, 9.17) is 0 Å². The van der Waals surface area contributed by atoms with E-state index in [1.54, 1.807) is 0 Å². The van der Waals surface area contributed by atoms with Gasteiger partial charge in [0.15, 0.2) is 0 Å². The smallest absolute Gasteiger partial charge is 0.272 e. The van der Waals surface area contributed by atoms with Crippen molar-refractivity contribution in [3.63, 3.8) is 0 Å². The van der Waals surface area contributed by atoms with E-state index < -0.39 is 0 Å². The number of nitrogens with zero attached hydrogens (tertiary/aromatic N) is 3. The Morgan fingerprint density at radius 3 is 2.81 bits per heavy atom. The van der Waals surface area contributed by atoms with Crippen LogP contribution in [0.1, 0.15) is 49.8 Å². The van der Waals surface area contributed by atoms with Crippen LogP contribution >= 0.6 is 0 Å². The Kier molecular flexibility index (Phi) is 5.39. The van der Waals surface area contributed by atoms with Crippen LogP contribution < -0.4 is 5.32 Å². The lowest BCUT2D eigenvalue weighted by molar-refractivity contribution is 0.0615. The predicted molar refractivity (Wildman–Crippen MR) is 84.4 cm³/mol. The fourth-order valence-electron chi connectivity index (χ4n) is 3.28. The number of carbonyl (C=O) groups excluding carboxylic acids is 1. The van der Waals surface area contributed by atoms with Gasteiger partial charge in [-0.3, -0.25) is 9.48 Å². The van der Waals surface area contributed by atoms with Gasteiger partial charge in [-0.05, 0) is 38.8 Å². The molecule has 0 aromatic carbocycles. The number of hydrogen-bond acceptors (Lipinski definition) is 3. The minimum Gasteiger partial charge on any atom is -0.337 e. The number of rotatable bonds is 5. The van der Waals surface area contributed by atoms with Crippen molar-refractivity contribution in [2.24, 2.45) is 5.92 Å². The molecule has 1 aliphatic rings. The van der Waals surface area contributed by atoms with E-state index in [9.17, 15) is 4.79 Å². The van der Waals surface area contributed by atoms with E-state index in [0.29, 0.717) is 12.0 Å². The van der Waals surface area contributed by atoms with Gasteiger partial charge in [0.1, 0.15) is 5.69 Å². The molecular weight excluding hydrogens is 264 g/mol. The molecule has 0 spiro atoms. The highest BCUT2D eigenvalue weighted by Gasteiger charge is 2.31. The molecule has 1 amide bonds. The van der Waals surface area contributed by atoms with E-state index in [1.165, 1.54) is 0 Å². The van der Waals surface area contributed by atoms with Crippen molar-refractivity contribution in [1.82, 2.24) is 20.0 Å². The maximum absolute atomic E-state index is 12.8. The summed E-state index contributed by atoms with van der Waals surface area (Å²) in [5.41, 5.74) is 1.64. The SMILES string of the molecule is CCNC1CCN(C(=O)c2cc(C)nn2CC)CC1CC. The molecule has 2 rings (SSSR count). The first kappa shape index (κ1) is 16.0. The van der Waals surface area contributed by atoms with Crippen LogP contribution in [-0.4, -0.2) is 46.3 Å². The van der Waals surface area contributed by atoms with Gasteiger partial charge >= 0.3 is 0 Å². The van der Waals surface area contributed by atoms with Gasteiger partial charge in [0.25, 0.3) is 5.91 Å². The fraction of sp³-hybridized carbons (Fsp3) is 0.750. The standard InChI is InChI=1S/C16H28N4O/c1-5-13-11-19(9-8-14(13)17-6-2)16(21)15-10-12(4)18-20(15)7-3/h10,13-14,17H,5-9,11H2,1-4H3. The lowest BCUT2D eigenvalue weighted by Gasteiger charge is -2.38. The summed E-state index contributed by atoms with van der Waals surface area (Å²) in [4.78, 5) is 14.8. The molecule has 1 aliphatic heterocycles. The number of aromatic nitrogens is 2. The van der Waals surface area contributed by atoms with E-state index in [2.05, 4.69) is 24.3 Å². The maximum Gasteiger partial charge on any atom is 0.272 e. The van der Waals surface area contributed by atoms with Crippen LogP contribution in [-0.2, 0) is 6.54 Å². The van der Waals surface area contributed by atoms with Gasteiger partial charge in [0, 0.05) is 25.7 Å². The van der Waals surface area contributed by atoms with Crippen LogP contribution in [0.15, 0.2) is 6.07 Å². The second-order valence-corrected chi connectivity index (χ2v) is 5.86. The number of nitrogens with one attached hydrogen (secondary N) is 1. The Labute approximate surface area is 127 Å². The zero-order valence-corrected chi connectivity index (χ0v) is 13.7. The average molecular weight is 292 g/mol. The summed E-state index contributed by atoms with van der Waals surface area (Å²) in [5.74, 6) is 0.674. The van der Waals surface area contributed by atoms with E-state index >= 15 is 0 Å². The molecule has 0 radical (unpaired) electrons. The highest BCUT2D eigenvalue weighted by atomic mass is 16.2. The molecule has 1 fully saturated rings. The van der Waals surface area contributed by atoms with Crippen LogP contribution in [0.2, 0.25) is 0 Å². The normalized spacial score (nSPS) is 22.6. The highest BCUT2D eigenvalue weighted by molar-refractivity contribution is 5.92. The molecule has 2 unspecified atom stereocenters. The number of carbonyl (C=O) groups is 1. The first-order valence-electron chi connectivity index (χ1n) is 8.17. The number of piperidine rings is 1. The molecule has 2 heterocycles. The maximum atomic E-state index is 12.8. The molecular formula is C16H28N4O. The summed E-state index contributed by atoms with van der Waals surface area (Å²) < 4.78 is 1.81. The molecule has 5 heteroatoms. The Hall–Kier alpha value is -1.36. The second-order valence-electron chi connectivity index (χ2n) is 5.86. The fourth-order valence-corrected chi connectivity index (χ4v) is 3.28. The van der Waals surface area contributed by atoms with E-state index in [-0.39, 0.29) is 5.91 Å². The summed E-state index contributed by atoms with van der Waals surface area (Å²) in [6.07, 6.45) is 2.14. The number of likely N-dealkylation sites (tertiary alicyclic amines) is 1. The van der Waals surface area contributed by atoms with Crippen LogP contribution in [0.25, 0.3) is 0 Å². The zero-order valence-electron chi connectivity index (χ0n) is 13.7. The average Bonchev–Trinajstić information content (AvgIpc) is 2.88. The van der Waals surface area contributed by atoms with Crippen molar-refractivity contribution in [2.75, 3.05) is 19.6 Å². The quantitative estimate of drug-likeness (QED) is 0.904. The Morgan fingerprint density at radius 2 is 2.19 bits per heavy atom. The van der Waals surface area contributed by atoms with Crippen molar-refractivity contribution in [3.8, 4) is 0 Å². The molecule has 2 atom stereocenters. The molecule has 5 nitrogen and oxygen atoms in total. The zero-order chi connectivity index (χ0) is 15.4. The number of aryl methyl sites for hydroxylation is 2. The summed E-state index contributed by atoms with van der Waals surface area (Å²) in [5, 5.41) is 7.94. The molecule has 1 aromatic heterocycles. The van der Waals surface area contributed by atoms with E-state index in [0.717, 1.165) is 50.4 Å². The monoisotopic (exact) mass is 292 g/mol. The summed E-state index contributed by atoms with van der Waals surface area (Å²) in [6.45, 7) is 11.7. The van der Waals surface area contributed by atoms with Crippen LogP contribution in [0.5, 0.6) is 0 Å². The van der Waals surface area contributed by atoms with E-state index in [1.807, 2.05) is 29.5 Å². The topological polar surface area (TPSA) is 50.2 Å². The van der Waals surface area contributed by atoms with Gasteiger partial charge < -0.3 is 10.2 Å². The largest absolute Gasteiger partial charge is 0.337 e. The molecule has 1 N–H and O–H groups in total. The third kappa shape index (κ3) is 3.46. The molecule has 1 aromatic rings. The van der Waals surface area contributed by atoms with Gasteiger partial charge in [-0.25, -0.2) is 0 Å². The Bertz CT molecular complexity index is 483. The lowest BCUT2D eigenvalue weighted by atomic mass is 9.89. The van der Waals surface area contributed by atoms with Crippen molar-refractivity contribution >= 4 is 5.91 Å². The predicted octanol–water partition coefficient (Wildman–Crippen LogP) is 2.06. The first-order chi connectivity index (χ1) is 10.1. The van der Waals surface area contributed by atoms with Gasteiger partial charge in [0.05, 0.1) is 5.69 Å². The van der Waals surface area contributed by atoms with Crippen LogP contribution in [0.3, 0.4) is 0 Å². The molecule has 1 saturated heterocycles. The molecule has 0 saturated carbocycles. The summed E-state index contributed by atoms with van der Waals surface area (Å²) in [6, 6.07) is 2.45. The minimum atomic E-state index is 0.130. The molecule has 0 aliphatic carbocycles. The van der Waals surface area contributed by atoms with Gasteiger partial charge in [-0.15, -0.1) is 0 Å². The molecule has 118 valence electrons. The van der Waals surface area contributed by atoms with Crippen LogP contribution in [0, 0.1) is 12.8 Å². The summed E-state index contributed by atoms with van der Waals surface area (Å²) in [7, 11) is 0. The van der Waals surface area contributed by atoms with Gasteiger partial charge in [-0.1, -0.05) is 20.3 Å². The third-order valence-electron chi connectivity index (χ3n) is 4.43. The van der Waals surface area contributed by atoms with Crippen molar-refractivity contribution in [1.29, 1.82) is 0 Å². The highest BCUT2D eigenvalue weighted by Crippen LogP contribution is 2.22. The number of hydrogen-bond donors (Lipinski definition) is 1. The van der Waals surface area contributed by atoms with Crippen molar-refractivity contribution < 1.29 is 4.79 Å². The Balaban J connectivity index is 2.10. The Morgan fingerprint density at radius 1 is 1.43 bits per heavy atom. The van der Waals surface area contributed by atoms with Gasteiger partial charge in [-0.2, -0.15) is 5.10 Å². The molecule has 0 bridgehead atoms. The second kappa shape index (κ2) is 7.07. The molecule has 21 heavy (non-hydrogen) atoms. The number of amides is 1. The van der Waals surface area contributed by atoms with Crippen molar-refractivity contribution in [3.05, 3.63) is 17.5 Å². The first-order valence-corrected chi connectivity index (χ1v) is 8.17.